The van der Waals surface area contributed by atoms with Crippen LogP contribution >= 0.6 is 0 Å². The Kier molecular flexibility index (Phi) is 4.16. The van der Waals surface area contributed by atoms with E-state index in [0.29, 0.717) is 12.8 Å². The lowest BCUT2D eigenvalue weighted by atomic mass is 9.78. The Balaban J connectivity index is 1.69. The summed E-state index contributed by atoms with van der Waals surface area (Å²) in [5, 5.41) is 9.98. The van der Waals surface area contributed by atoms with Crippen molar-refractivity contribution in [2.75, 3.05) is 7.11 Å². The molecule has 0 radical (unpaired) electrons. The topological polar surface area (TPSA) is 72.8 Å². The number of carbonyl (C=O) groups is 2. The highest BCUT2D eigenvalue weighted by atomic mass is 16.5. The maximum Gasteiger partial charge on any atom is 0.310 e. The smallest absolute Gasteiger partial charge is 0.310 e. The van der Waals surface area contributed by atoms with E-state index in [-0.39, 0.29) is 24.4 Å². The van der Waals surface area contributed by atoms with Gasteiger partial charge in [-0.05, 0) is 30.2 Å². The van der Waals surface area contributed by atoms with Crippen molar-refractivity contribution in [3.8, 4) is 0 Å². The zero-order valence-corrected chi connectivity index (χ0v) is 12.5. The molecule has 0 spiro atoms. The third kappa shape index (κ3) is 2.61. The summed E-state index contributed by atoms with van der Waals surface area (Å²) < 4.78 is 10.2. The molecule has 5 atom stereocenters. The van der Waals surface area contributed by atoms with Gasteiger partial charge in [0, 0.05) is 0 Å². The van der Waals surface area contributed by atoms with Crippen LogP contribution in [0.1, 0.15) is 18.4 Å². The van der Waals surface area contributed by atoms with Gasteiger partial charge >= 0.3 is 11.9 Å². The Hall–Kier alpha value is -1.88. The summed E-state index contributed by atoms with van der Waals surface area (Å²) >= 11 is 0. The second kappa shape index (κ2) is 6.08. The normalized spacial score (nSPS) is 32.7. The summed E-state index contributed by atoms with van der Waals surface area (Å²) in [7, 11) is 1.31. The number of benzene rings is 1. The largest absolute Gasteiger partial charge is 0.469 e. The maximum atomic E-state index is 12.4. The first-order chi connectivity index (χ1) is 10.6. The minimum absolute atomic E-state index is 0.00683. The lowest BCUT2D eigenvalue weighted by molar-refractivity contribution is -0.165. The second-order valence-electron chi connectivity index (χ2n) is 6.13. The molecule has 118 valence electrons. The number of methoxy groups -OCH3 is 1. The van der Waals surface area contributed by atoms with Crippen LogP contribution in [0.4, 0.5) is 0 Å². The molecule has 2 unspecified atom stereocenters. The minimum atomic E-state index is -0.581. The van der Waals surface area contributed by atoms with Crippen molar-refractivity contribution >= 4 is 11.9 Å². The first-order valence-corrected chi connectivity index (χ1v) is 7.58. The van der Waals surface area contributed by atoms with Crippen LogP contribution in [0.2, 0.25) is 0 Å². The molecule has 2 aliphatic carbocycles. The van der Waals surface area contributed by atoms with E-state index in [4.69, 9.17) is 9.47 Å². The number of aliphatic hydroxyl groups excluding tert-OH is 1. The van der Waals surface area contributed by atoms with Crippen LogP contribution in [0, 0.1) is 23.7 Å². The van der Waals surface area contributed by atoms with Gasteiger partial charge in [-0.1, -0.05) is 30.3 Å². The molecule has 2 fully saturated rings. The Labute approximate surface area is 129 Å². The molecule has 1 aromatic carbocycles. The van der Waals surface area contributed by atoms with Gasteiger partial charge in [-0.2, -0.15) is 0 Å². The van der Waals surface area contributed by atoms with E-state index in [1.807, 2.05) is 30.3 Å². The number of aliphatic hydroxyl groups is 1. The van der Waals surface area contributed by atoms with Gasteiger partial charge in [-0.3, -0.25) is 9.59 Å². The number of fused-ring (bicyclic) bond motifs is 2. The molecule has 0 saturated heterocycles. The average molecular weight is 304 g/mol. The van der Waals surface area contributed by atoms with Crippen LogP contribution in [-0.4, -0.2) is 30.3 Å². The van der Waals surface area contributed by atoms with E-state index in [0.717, 1.165) is 5.56 Å². The molecule has 1 aromatic rings. The zero-order chi connectivity index (χ0) is 15.7. The highest BCUT2D eigenvalue weighted by Gasteiger charge is 2.58. The zero-order valence-electron chi connectivity index (χ0n) is 12.5. The fourth-order valence-electron chi connectivity index (χ4n) is 3.95. The fourth-order valence-corrected chi connectivity index (χ4v) is 3.95. The summed E-state index contributed by atoms with van der Waals surface area (Å²) in [5.41, 5.74) is 0.911. The number of rotatable bonds is 4. The predicted octanol–water partition coefficient (Wildman–Crippen LogP) is 1.54. The Morgan fingerprint density at radius 1 is 1.14 bits per heavy atom. The third-order valence-corrected chi connectivity index (χ3v) is 4.94. The molecular formula is C17H20O5. The molecule has 1 N–H and O–H groups in total. The molecule has 2 aliphatic rings. The van der Waals surface area contributed by atoms with Crippen molar-refractivity contribution < 1.29 is 24.2 Å². The fraction of sp³-hybridized carbons (Fsp3) is 0.529. The van der Waals surface area contributed by atoms with E-state index in [2.05, 4.69) is 0 Å². The Morgan fingerprint density at radius 3 is 2.55 bits per heavy atom. The second-order valence-corrected chi connectivity index (χ2v) is 6.13. The predicted molar refractivity (Wildman–Crippen MR) is 77.5 cm³/mol. The van der Waals surface area contributed by atoms with E-state index < -0.39 is 23.9 Å². The number of carbonyl (C=O) groups excluding carboxylic acids is 2. The van der Waals surface area contributed by atoms with Crippen molar-refractivity contribution in [3.05, 3.63) is 35.9 Å². The van der Waals surface area contributed by atoms with Crippen molar-refractivity contribution in [2.24, 2.45) is 23.7 Å². The quantitative estimate of drug-likeness (QED) is 0.854. The van der Waals surface area contributed by atoms with Crippen molar-refractivity contribution in [2.45, 2.75) is 25.6 Å². The summed E-state index contributed by atoms with van der Waals surface area (Å²) in [6.45, 7) is 0.198. The van der Waals surface area contributed by atoms with Gasteiger partial charge in [0.2, 0.25) is 0 Å². The monoisotopic (exact) mass is 304 g/mol. The number of ether oxygens (including phenoxy) is 2. The SMILES string of the molecule is COC(=O)[C@@H]1C2CC(C[C@H]2O)[C@@H]1C(=O)OCc1ccccc1. The van der Waals surface area contributed by atoms with Gasteiger partial charge in [0.15, 0.2) is 0 Å². The lowest BCUT2D eigenvalue weighted by Gasteiger charge is -2.30. The van der Waals surface area contributed by atoms with Gasteiger partial charge < -0.3 is 14.6 Å². The highest BCUT2D eigenvalue weighted by Crippen LogP contribution is 2.53. The molecule has 0 aliphatic heterocycles. The van der Waals surface area contributed by atoms with Crippen molar-refractivity contribution in [1.29, 1.82) is 0 Å². The summed E-state index contributed by atoms with van der Waals surface area (Å²) in [6.07, 6.45) is 0.724. The molecule has 0 heterocycles. The van der Waals surface area contributed by atoms with Crippen molar-refractivity contribution in [1.82, 2.24) is 0 Å². The van der Waals surface area contributed by atoms with Crippen LogP contribution in [0.3, 0.4) is 0 Å². The van der Waals surface area contributed by atoms with E-state index in [1.165, 1.54) is 7.11 Å². The van der Waals surface area contributed by atoms with Crippen LogP contribution in [0.15, 0.2) is 30.3 Å². The summed E-state index contributed by atoms with van der Waals surface area (Å²) in [6, 6.07) is 9.43. The molecule has 3 rings (SSSR count). The minimum Gasteiger partial charge on any atom is -0.469 e. The first kappa shape index (κ1) is 15.0. The third-order valence-electron chi connectivity index (χ3n) is 4.94. The van der Waals surface area contributed by atoms with Gasteiger partial charge in [-0.15, -0.1) is 0 Å². The Morgan fingerprint density at radius 2 is 1.86 bits per heavy atom. The van der Waals surface area contributed by atoms with Gasteiger partial charge in [0.05, 0.1) is 25.0 Å². The van der Waals surface area contributed by atoms with Gasteiger partial charge in [0.1, 0.15) is 6.61 Å². The molecule has 5 heteroatoms. The van der Waals surface area contributed by atoms with E-state index >= 15 is 0 Å². The van der Waals surface area contributed by atoms with E-state index in [9.17, 15) is 14.7 Å². The van der Waals surface area contributed by atoms with Crippen LogP contribution in [0.25, 0.3) is 0 Å². The molecule has 2 bridgehead atoms. The number of hydrogen-bond donors (Lipinski definition) is 1. The Bertz CT molecular complexity index is 555. The number of esters is 2. The molecule has 22 heavy (non-hydrogen) atoms. The van der Waals surface area contributed by atoms with Crippen LogP contribution in [0.5, 0.6) is 0 Å². The van der Waals surface area contributed by atoms with Gasteiger partial charge in [0.25, 0.3) is 0 Å². The first-order valence-electron chi connectivity index (χ1n) is 7.58. The van der Waals surface area contributed by atoms with Crippen LogP contribution < -0.4 is 0 Å². The van der Waals surface area contributed by atoms with Gasteiger partial charge in [-0.25, -0.2) is 0 Å². The molecule has 2 saturated carbocycles. The molecule has 0 aromatic heterocycles. The van der Waals surface area contributed by atoms with Crippen molar-refractivity contribution in [3.63, 3.8) is 0 Å². The average Bonchev–Trinajstić information content (AvgIpc) is 3.09. The standard InChI is InChI=1S/C17H20O5/c1-21-16(19)15-12-7-11(8-13(12)18)14(15)17(20)22-9-10-5-3-2-4-6-10/h2-6,11-15,18H,7-9H2,1H3/t11?,12?,13-,14+,15-/m1/s1. The summed E-state index contributed by atoms with van der Waals surface area (Å²) in [4.78, 5) is 24.4. The molecule has 5 nitrogen and oxygen atoms in total. The summed E-state index contributed by atoms with van der Waals surface area (Å²) in [5.74, 6) is -2.04. The highest BCUT2D eigenvalue weighted by molar-refractivity contribution is 5.83. The maximum absolute atomic E-state index is 12.4. The molecular weight excluding hydrogens is 284 g/mol. The van der Waals surface area contributed by atoms with E-state index in [1.54, 1.807) is 0 Å². The van der Waals surface area contributed by atoms with Crippen LogP contribution in [-0.2, 0) is 25.7 Å². The number of hydrogen-bond acceptors (Lipinski definition) is 5. The lowest BCUT2D eigenvalue weighted by Crippen LogP contribution is -2.41. The molecule has 0 amide bonds.